The highest BCUT2D eigenvalue weighted by atomic mass is 16.3. The quantitative estimate of drug-likeness (QED) is 0.310. The van der Waals surface area contributed by atoms with Crippen LogP contribution < -0.4 is 5.32 Å². The average molecular weight is 701 g/mol. The first kappa shape index (κ1) is 38.3. The van der Waals surface area contributed by atoms with Crippen molar-refractivity contribution >= 4 is 17.6 Å². The first-order valence-corrected chi connectivity index (χ1v) is 20.2. The van der Waals surface area contributed by atoms with Gasteiger partial charge >= 0.3 is 0 Å². The molecule has 0 bridgehead atoms. The van der Waals surface area contributed by atoms with Crippen LogP contribution in [-0.2, 0) is 20.9 Å². The molecule has 6 rings (SSSR count). The Hall–Kier alpha value is -2.47. The number of hydrogen-bond acceptors (Lipinski definition) is 4. The van der Waals surface area contributed by atoms with Gasteiger partial charge in [0.2, 0.25) is 11.8 Å². The van der Waals surface area contributed by atoms with Crippen molar-refractivity contribution < 1.29 is 19.5 Å². The molecule has 2 N–H and O–H groups in total. The summed E-state index contributed by atoms with van der Waals surface area (Å²) in [6.45, 7) is 24.6. The zero-order chi connectivity index (χ0) is 37.6. The Morgan fingerprint density at radius 2 is 1.57 bits per heavy atom. The first-order valence-electron chi connectivity index (χ1n) is 20.2. The molecule has 10 atom stereocenters. The Morgan fingerprint density at radius 3 is 2.20 bits per heavy atom. The van der Waals surface area contributed by atoms with Crippen molar-refractivity contribution in [3.63, 3.8) is 0 Å². The fourth-order valence-corrected chi connectivity index (χ4v) is 12.8. The summed E-state index contributed by atoms with van der Waals surface area (Å²) in [4.78, 5) is 45.7. The Balaban J connectivity index is 1.37. The van der Waals surface area contributed by atoms with E-state index < -0.39 is 17.0 Å². The third kappa shape index (κ3) is 5.96. The number of allylic oxidation sites excluding steroid dienone is 2. The molecule has 4 fully saturated rings. The van der Waals surface area contributed by atoms with Gasteiger partial charge in [-0.1, -0.05) is 91.3 Å². The molecule has 1 unspecified atom stereocenters. The number of benzene rings is 1. The number of aliphatic hydroxyl groups excluding tert-OH is 1. The van der Waals surface area contributed by atoms with Gasteiger partial charge in [-0.15, -0.1) is 0 Å². The number of fused-ring (bicyclic) bond motifs is 7. The lowest BCUT2D eigenvalue weighted by Crippen LogP contribution is -2.66. The van der Waals surface area contributed by atoms with Gasteiger partial charge in [0.25, 0.3) is 0 Å². The lowest BCUT2D eigenvalue weighted by atomic mass is 9.33. The first-order chi connectivity index (χ1) is 23.6. The van der Waals surface area contributed by atoms with E-state index >= 15 is 4.79 Å². The minimum Gasteiger partial charge on any atom is -0.393 e. The van der Waals surface area contributed by atoms with Crippen LogP contribution >= 0.6 is 0 Å². The van der Waals surface area contributed by atoms with E-state index in [9.17, 15) is 14.7 Å². The van der Waals surface area contributed by atoms with Gasteiger partial charge in [-0.3, -0.25) is 14.4 Å². The van der Waals surface area contributed by atoms with Crippen LogP contribution in [0.1, 0.15) is 146 Å². The second-order valence-electron chi connectivity index (χ2n) is 20.7. The molecule has 1 aromatic carbocycles. The van der Waals surface area contributed by atoms with Crippen LogP contribution in [0.15, 0.2) is 42.0 Å². The number of hydrogen-bond donors (Lipinski definition) is 2. The lowest BCUT2D eigenvalue weighted by molar-refractivity contribution is -0.202. The lowest BCUT2D eigenvalue weighted by Gasteiger charge is -2.70. The standard InChI is InChI=1S/C45H68N2O4/c1-12-32(37(50)46-39(2,3)4)47(28-29-16-14-13-15-17-29)38(51)42(8)23-22-41(7)24-25-44(10)30(31(41)27-42)26-33(48)36-43(9)20-19-35(49)40(5,6)34(43)18-21-45(36,44)11/h13-17,26,31-32,34-36,49H,12,18-25,27-28H2,1-11H3,(H,46,50)/t31-,32?,34-,35-,36+,41+,42-,43-,44+,45+/m0/s1. The Labute approximate surface area is 309 Å². The molecule has 6 nitrogen and oxygen atoms in total. The van der Waals surface area contributed by atoms with Crippen LogP contribution in [-0.4, -0.2) is 45.3 Å². The molecule has 0 saturated heterocycles. The topological polar surface area (TPSA) is 86.7 Å². The van der Waals surface area contributed by atoms with Gasteiger partial charge in [-0.2, -0.15) is 0 Å². The van der Waals surface area contributed by atoms with E-state index in [1.54, 1.807) is 0 Å². The number of nitrogens with zero attached hydrogens (tertiary/aromatic N) is 1. The van der Waals surface area contributed by atoms with Gasteiger partial charge < -0.3 is 15.3 Å². The molecule has 0 radical (unpaired) electrons. The smallest absolute Gasteiger partial charge is 0.243 e. The summed E-state index contributed by atoms with van der Waals surface area (Å²) >= 11 is 0. The SMILES string of the molecule is CCC(C(=O)NC(C)(C)C)N(Cc1ccccc1)C(=O)[C@@]1(C)CC[C@]2(C)CC[C@]3(C)C(=CC(=O)[C@@H]4[C@@]5(C)CC[C@H](O)C(C)(C)[C@@H]5CC[C@]43C)[C@@H]2C1. The Bertz CT molecular complexity index is 1580. The van der Waals surface area contributed by atoms with E-state index in [0.29, 0.717) is 25.3 Å². The molecular formula is C45H68N2O4. The summed E-state index contributed by atoms with van der Waals surface area (Å²) in [5, 5.41) is 14.3. The monoisotopic (exact) mass is 701 g/mol. The number of nitrogens with one attached hydrogen (secondary N) is 1. The van der Waals surface area contributed by atoms with Gasteiger partial charge in [0, 0.05) is 23.4 Å². The number of amides is 2. The maximum atomic E-state index is 15.2. The highest BCUT2D eigenvalue weighted by molar-refractivity contribution is 5.96. The number of carbonyl (C=O) groups excluding carboxylic acids is 3. The molecule has 5 aliphatic rings. The fourth-order valence-electron chi connectivity index (χ4n) is 12.8. The van der Waals surface area contributed by atoms with Gasteiger partial charge in [0.15, 0.2) is 5.78 Å². The average Bonchev–Trinajstić information content (AvgIpc) is 3.04. The summed E-state index contributed by atoms with van der Waals surface area (Å²) < 4.78 is 0. The molecule has 0 aliphatic heterocycles. The van der Waals surface area contributed by atoms with Gasteiger partial charge in [-0.25, -0.2) is 0 Å². The minimum absolute atomic E-state index is 0.0185. The van der Waals surface area contributed by atoms with Crippen molar-refractivity contribution in [1.82, 2.24) is 10.2 Å². The molecule has 51 heavy (non-hydrogen) atoms. The second-order valence-corrected chi connectivity index (χ2v) is 20.7. The molecule has 6 heteroatoms. The van der Waals surface area contributed by atoms with Crippen molar-refractivity contribution in [3.05, 3.63) is 47.5 Å². The van der Waals surface area contributed by atoms with Crippen molar-refractivity contribution in [1.29, 1.82) is 0 Å². The summed E-state index contributed by atoms with van der Waals surface area (Å²) in [5.41, 5.74) is 0.548. The van der Waals surface area contributed by atoms with Crippen LogP contribution in [0, 0.1) is 50.2 Å². The van der Waals surface area contributed by atoms with Crippen molar-refractivity contribution in [2.45, 2.75) is 165 Å². The molecule has 5 aliphatic carbocycles. The fraction of sp³-hybridized carbons (Fsp3) is 0.756. The number of rotatable bonds is 6. The molecule has 1 aromatic rings. The summed E-state index contributed by atoms with van der Waals surface area (Å²) in [6, 6.07) is 9.48. The summed E-state index contributed by atoms with van der Waals surface area (Å²) in [5.74, 6) is 0.584. The van der Waals surface area contributed by atoms with Gasteiger partial charge in [-0.05, 0) is 136 Å². The van der Waals surface area contributed by atoms with Crippen LogP contribution in [0.4, 0.5) is 0 Å². The van der Waals surface area contributed by atoms with Crippen LogP contribution in [0.5, 0.6) is 0 Å². The Morgan fingerprint density at radius 1 is 0.922 bits per heavy atom. The van der Waals surface area contributed by atoms with E-state index in [0.717, 1.165) is 56.9 Å². The van der Waals surface area contributed by atoms with Gasteiger partial charge in [0.1, 0.15) is 6.04 Å². The minimum atomic E-state index is -0.665. The van der Waals surface area contributed by atoms with E-state index in [1.807, 2.05) is 62.9 Å². The van der Waals surface area contributed by atoms with E-state index in [4.69, 9.17) is 0 Å². The van der Waals surface area contributed by atoms with Gasteiger partial charge in [0.05, 0.1) is 6.10 Å². The molecular weight excluding hydrogens is 633 g/mol. The predicted molar refractivity (Wildman–Crippen MR) is 204 cm³/mol. The number of ketones is 1. The molecule has 0 spiro atoms. The van der Waals surface area contributed by atoms with E-state index in [2.05, 4.69) is 59.9 Å². The van der Waals surface area contributed by atoms with Crippen LogP contribution in [0.3, 0.4) is 0 Å². The third-order valence-electron chi connectivity index (χ3n) is 16.1. The third-order valence-corrected chi connectivity index (χ3v) is 16.1. The number of carbonyl (C=O) groups is 3. The summed E-state index contributed by atoms with van der Waals surface area (Å²) in [6.07, 6.45) is 10.5. The normalized spacial score (nSPS) is 40.8. The van der Waals surface area contributed by atoms with Crippen LogP contribution in [0.2, 0.25) is 0 Å². The highest BCUT2D eigenvalue weighted by Gasteiger charge is 2.70. The van der Waals surface area contributed by atoms with E-state index in [1.165, 1.54) is 5.57 Å². The van der Waals surface area contributed by atoms with Crippen molar-refractivity contribution in [3.8, 4) is 0 Å². The highest BCUT2D eigenvalue weighted by Crippen LogP contribution is 2.75. The van der Waals surface area contributed by atoms with Crippen molar-refractivity contribution in [2.24, 2.45) is 50.2 Å². The predicted octanol–water partition coefficient (Wildman–Crippen LogP) is 9.05. The molecule has 4 saturated carbocycles. The number of aliphatic hydroxyl groups is 1. The molecule has 0 heterocycles. The zero-order valence-corrected chi connectivity index (χ0v) is 33.7. The molecule has 282 valence electrons. The maximum absolute atomic E-state index is 15.2. The summed E-state index contributed by atoms with van der Waals surface area (Å²) in [7, 11) is 0. The largest absolute Gasteiger partial charge is 0.393 e. The molecule has 2 amide bonds. The maximum Gasteiger partial charge on any atom is 0.243 e. The van der Waals surface area contributed by atoms with Crippen LogP contribution in [0.25, 0.3) is 0 Å². The van der Waals surface area contributed by atoms with Crippen molar-refractivity contribution in [2.75, 3.05) is 0 Å². The zero-order valence-electron chi connectivity index (χ0n) is 33.7. The molecule has 0 aromatic heterocycles. The van der Waals surface area contributed by atoms with E-state index in [-0.39, 0.29) is 62.6 Å². The second kappa shape index (κ2) is 12.6. The Kier molecular flexibility index (Phi) is 9.42.